The van der Waals surface area contributed by atoms with Gasteiger partial charge in [0.15, 0.2) is 0 Å². The molecule has 4 N–H and O–H groups in total. The molecule has 0 spiro atoms. The second-order valence-electron chi connectivity index (χ2n) is 4.35. The third-order valence-corrected chi connectivity index (χ3v) is 3.03. The molecule has 0 unspecified atom stereocenters. The minimum absolute atomic E-state index is 0.00968. The minimum Gasteiger partial charge on any atom is -0.506 e. The summed E-state index contributed by atoms with van der Waals surface area (Å²) >= 11 is 0. The number of nitrogens with one attached hydrogen (secondary N) is 1. The van der Waals surface area contributed by atoms with Crippen molar-refractivity contribution in [3.8, 4) is 5.75 Å². The number of hydrogen-bond donors (Lipinski definition) is 3. The lowest BCUT2D eigenvalue weighted by molar-refractivity contribution is -0.130. The van der Waals surface area contributed by atoms with Crippen molar-refractivity contribution in [2.45, 2.75) is 20.3 Å². The van der Waals surface area contributed by atoms with E-state index in [9.17, 15) is 14.7 Å². The van der Waals surface area contributed by atoms with Crippen molar-refractivity contribution in [3.05, 3.63) is 23.8 Å². The van der Waals surface area contributed by atoms with Crippen molar-refractivity contribution in [2.75, 3.05) is 25.4 Å². The van der Waals surface area contributed by atoms with Gasteiger partial charge < -0.3 is 21.1 Å². The molecule has 0 fully saturated rings. The molecule has 0 aromatic heterocycles. The molecule has 0 aliphatic carbocycles. The van der Waals surface area contributed by atoms with E-state index in [1.54, 1.807) is 4.90 Å². The van der Waals surface area contributed by atoms with Crippen LogP contribution in [0.25, 0.3) is 0 Å². The van der Waals surface area contributed by atoms with Crippen LogP contribution in [0, 0.1) is 0 Å². The van der Waals surface area contributed by atoms with Gasteiger partial charge in [0, 0.05) is 31.6 Å². The number of phenolic OH excluding ortho intramolecular Hbond substituents is 1. The van der Waals surface area contributed by atoms with E-state index >= 15 is 0 Å². The molecule has 0 bridgehead atoms. The van der Waals surface area contributed by atoms with Crippen molar-refractivity contribution in [1.29, 1.82) is 0 Å². The van der Waals surface area contributed by atoms with Crippen LogP contribution in [-0.2, 0) is 4.79 Å². The summed E-state index contributed by atoms with van der Waals surface area (Å²) in [6, 6.07) is 4.29. The van der Waals surface area contributed by atoms with Crippen molar-refractivity contribution in [3.63, 3.8) is 0 Å². The average molecular weight is 279 g/mol. The Bertz CT molecular complexity index is 485. The quantitative estimate of drug-likeness (QED) is 0.534. The van der Waals surface area contributed by atoms with Gasteiger partial charge in [0.25, 0.3) is 5.91 Å². The van der Waals surface area contributed by atoms with Crippen LogP contribution < -0.4 is 11.1 Å². The lowest BCUT2D eigenvalue weighted by Crippen LogP contribution is -2.34. The van der Waals surface area contributed by atoms with Crippen molar-refractivity contribution in [1.82, 2.24) is 10.2 Å². The highest BCUT2D eigenvalue weighted by atomic mass is 16.3. The topological polar surface area (TPSA) is 95.7 Å². The number of amides is 2. The number of carbonyl (C=O) groups excluding carboxylic acids is 2. The summed E-state index contributed by atoms with van der Waals surface area (Å²) < 4.78 is 0. The van der Waals surface area contributed by atoms with Crippen LogP contribution in [0.15, 0.2) is 18.2 Å². The predicted octanol–water partition coefficient (Wildman–Crippen LogP) is 0.963. The average Bonchev–Trinajstić information content (AvgIpc) is 2.43. The van der Waals surface area contributed by atoms with Crippen molar-refractivity contribution >= 4 is 17.5 Å². The van der Waals surface area contributed by atoms with Gasteiger partial charge in [-0.25, -0.2) is 0 Å². The SMILES string of the molecule is CCN(CC)C(=O)CCNC(=O)c1ccc(N)c(O)c1. The second-order valence-corrected chi connectivity index (χ2v) is 4.35. The van der Waals surface area contributed by atoms with Gasteiger partial charge >= 0.3 is 0 Å². The Kier molecular flexibility index (Phi) is 5.83. The number of carbonyl (C=O) groups is 2. The maximum absolute atomic E-state index is 11.8. The van der Waals surface area contributed by atoms with E-state index in [2.05, 4.69) is 5.32 Å². The first-order chi connectivity index (χ1) is 9.49. The molecule has 0 atom stereocenters. The summed E-state index contributed by atoms with van der Waals surface area (Å²) in [7, 11) is 0. The van der Waals surface area contributed by atoms with E-state index in [-0.39, 0.29) is 36.2 Å². The lowest BCUT2D eigenvalue weighted by atomic mass is 10.2. The van der Waals surface area contributed by atoms with Gasteiger partial charge in [0.2, 0.25) is 5.91 Å². The summed E-state index contributed by atoms with van der Waals surface area (Å²) in [5, 5.41) is 12.1. The molecule has 0 radical (unpaired) electrons. The Labute approximate surface area is 118 Å². The molecule has 6 nitrogen and oxygen atoms in total. The van der Waals surface area contributed by atoms with E-state index in [0.717, 1.165) is 0 Å². The fourth-order valence-electron chi connectivity index (χ4n) is 1.80. The second kappa shape index (κ2) is 7.37. The molecule has 0 saturated heterocycles. The number of rotatable bonds is 6. The Morgan fingerprint density at radius 3 is 2.50 bits per heavy atom. The fraction of sp³-hybridized carbons (Fsp3) is 0.429. The van der Waals surface area contributed by atoms with Crippen LogP contribution in [0.5, 0.6) is 5.75 Å². The molecule has 1 aromatic carbocycles. The molecular formula is C14H21N3O3. The predicted molar refractivity (Wildman–Crippen MR) is 77.4 cm³/mol. The maximum Gasteiger partial charge on any atom is 0.251 e. The summed E-state index contributed by atoms with van der Waals surface area (Å²) in [5.74, 6) is -0.458. The highest BCUT2D eigenvalue weighted by Gasteiger charge is 2.11. The number of nitrogens with two attached hydrogens (primary N) is 1. The number of hydrogen-bond acceptors (Lipinski definition) is 4. The highest BCUT2D eigenvalue weighted by molar-refractivity contribution is 5.95. The molecule has 6 heteroatoms. The van der Waals surface area contributed by atoms with E-state index in [0.29, 0.717) is 18.7 Å². The van der Waals surface area contributed by atoms with Gasteiger partial charge in [-0.3, -0.25) is 9.59 Å². The number of phenols is 1. The Morgan fingerprint density at radius 2 is 1.95 bits per heavy atom. The first-order valence-electron chi connectivity index (χ1n) is 6.64. The first kappa shape index (κ1) is 15.8. The van der Waals surface area contributed by atoms with Crippen LogP contribution in [0.1, 0.15) is 30.6 Å². The standard InChI is InChI=1S/C14H21N3O3/c1-3-17(4-2)13(19)7-8-16-14(20)10-5-6-11(15)12(18)9-10/h5-6,9,18H,3-4,7-8,15H2,1-2H3,(H,16,20). The van der Waals surface area contributed by atoms with Gasteiger partial charge in [-0.1, -0.05) is 0 Å². The molecule has 1 rings (SSSR count). The smallest absolute Gasteiger partial charge is 0.251 e. The van der Waals surface area contributed by atoms with Crippen LogP contribution in [0.2, 0.25) is 0 Å². The van der Waals surface area contributed by atoms with Crippen LogP contribution in [0.4, 0.5) is 5.69 Å². The Morgan fingerprint density at radius 1 is 1.30 bits per heavy atom. The molecule has 20 heavy (non-hydrogen) atoms. The molecule has 0 aliphatic rings. The monoisotopic (exact) mass is 279 g/mol. The zero-order chi connectivity index (χ0) is 15.1. The molecular weight excluding hydrogens is 258 g/mol. The zero-order valence-corrected chi connectivity index (χ0v) is 11.8. The number of benzene rings is 1. The Balaban J connectivity index is 2.47. The molecule has 0 saturated carbocycles. The molecule has 1 aromatic rings. The lowest BCUT2D eigenvalue weighted by Gasteiger charge is -2.18. The van der Waals surface area contributed by atoms with Gasteiger partial charge in [-0.15, -0.1) is 0 Å². The fourth-order valence-corrected chi connectivity index (χ4v) is 1.80. The van der Waals surface area contributed by atoms with E-state index in [1.807, 2.05) is 13.8 Å². The van der Waals surface area contributed by atoms with Gasteiger partial charge in [0.1, 0.15) is 5.75 Å². The number of nitrogens with zero attached hydrogens (tertiary/aromatic N) is 1. The van der Waals surface area contributed by atoms with Crippen molar-refractivity contribution in [2.24, 2.45) is 0 Å². The summed E-state index contributed by atoms with van der Waals surface area (Å²) in [6.07, 6.45) is 0.258. The number of nitrogen functional groups attached to an aromatic ring is 1. The number of anilines is 1. The highest BCUT2D eigenvalue weighted by Crippen LogP contribution is 2.20. The number of aromatic hydroxyl groups is 1. The summed E-state index contributed by atoms with van der Waals surface area (Å²) in [6.45, 7) is 5.41. The minimum atomic E-state index is -0.340. The molecule has 2 amide bonds. The molecule has 110 valence electrons. The van der Waals surface area contributed by atoms with Crippen LogP contribution >= 0.6 is 0 Å². The third kappa shape index (κ3) is 4.15. The molecule has 0 aliphatic heterocycles. The zero-order valence-electron chi connectivity index (χ0n) is 11.8. The van der Waals surface area contributed by atoms with Crippen molar-refractivity contribution < 1.29 is 14.7 Å². The largest absolute Gasteiger partial charge is 0.506 e. The summed E-state index contributed by atoms with van der Waals surface area (Å²) in [4.78, 5) is 25.3. The third-order valence-electron chi connectivity index (χ3n) is 3.03. The van der Waals surface area contributed by atoms with E-state index in [1.165, 1.54) is 18.2 Å². The molecule has 0 heterocycles. The Hall–Kier alpha value is -2.24. The van der Waals surface area contributed by atoms with E-state index in [4.69, 9.17) is 5.73 Å². The normalized spacial score (nSPS) is 10.1. The maximum atomic E-state index is 11.8. The van der Waals surface area contributed by atoms with Gasteiger partial charge in [0.05, 0.1) is 5.69 Å². The first-order valence-corrected chi connectivity index (χ1v) is 6.64. The van der Waals surface area contributed by atoms with E-state index < -0.39 is 0 Å². The van der Waals surface area contributed by atoms with Gasteiger partial charge in [-0.2, -0.15) is 0 Å². The van der Waals surface area contributed by atoms with Crippen LogP contribution in [0.3, 0.4) is 0 Å². The summed E-state index contributed by atoms with van der Waals surface area (Å²) in [5.41, 5.74) is 5.99. The van der Waals surface area contributed by atoms with Gasteiger partial charge in [-0.05, 0) is 32.0 Å². The van der Waals surface area contributed by atoms with Crippen LogP contribution in [-0.4, -0.2) is 41.5 Å².